The van der Waals surface area contributed by atoms with E-state index in [1.54, 1.807) is 0 Å². The summed E-state index contributed by atoms with van der Waals surface area (Å²) < 4.78 is 0. The molecule has 0 spiro atoms. The number of rotatable bonds is 2. The molecule has 102 valence electrons. The quantitative estimate of drug-likeness (QED) is 0.831. The molecule has 1 unspecified atom stereocenters. The van der Waals surface area contributed by atoms with E-state index < -0.39 is 0 Å². The summed E-state index contributed by atoms with van der Waals surface area (Å²) in [6, 6.07) is 8.51. The normalized spacial score (nSPS) is 25.0. The Balaban J connectivity index is 1.60. The Bertz CT molecular complexity index is 469. The first-order valence-electron chi connectivity index (χ1n) is 6.99. The van der Waals surface area contributed by atoms with Gasteiger partial charge in [-0.1, -0.05) is 23.7 Å². The van der Waals surface area contributed by atoms with Gasteiger partial charge in [0.25, 0.3) is 0 Å². The molecule has 0 N–H and O–H groups in total. The lowest BCUT2D eigenvalue weighted by Crippen LogP contribution is -2.49. The van der Waals surface area contributed by atoms with Crippen LogP contribution in [0.1, 0.15) is 19.3 Å². The van der Waals surface area contributed by atoms with Gasteiger partial charge in [-0.2, -0.15) is 0 Å². The van der Waals surface area contributed by atoms with Gasteiger partial charge >= 0.3 is 0 Å². The molecule has 1 atom stereocenters. The number of carbonyl (C=O) groups excluding carboxylic acids is 1. The monoisotopic (exact) mass is 278 g/mol. The molecule has 0 aromatic heterocycles. The maximum Gasteiger partial charge on any atom is 0.134 e. The summed E-state index contributed by atoms with van der Waals surface area (Å²) in [6.45, 7) is 4.05. The van der Waals surface area contributed by atoms with Crippen molar-refractivity contribution in [3.05, 3.63) is 29.3 Å². The molecule has 1 aliphatic heterocycles. The van der Waals surface area contributed by atoms with E-state index in [1.807, 2.05) is 18.2 Å². The molecule has 2 fully saturated rings. The molecule has 3 rings (SSSR count). The topological polar surface area (TPSA) is 23.6 Å². The summed E-state index contributed by atoms with van der Waals surface area (Å²) in [4.78, 5) is 16.2. The summed E-state index contributed by atoms with van der Waals surface area (Å²) >= 11 is 6.24. The highest BCUT2D eigenvalue weighted by molar-refractivity contribution is 6.33. The van der Waals surface area contributed by atoms with Crippen molar-refractivity contribution < 1.29 is 4.79 Å². The van der Waals surface area contributed by atoms with Gasteiger partial charge in [-0.15, -0.1) is 0 Å². The van der Waals surface area contributed by atoms with Crippen LogP contribution >= 0.6 is 11.6 Å². The van der Waals surface area contributed by atoms with Gasteiger partial charge in [0.2, 0.25) is 0 Å². The van der Waals surface area contributed by atoms with Crippen LogP contribution in [0, 0.1) is 0 Å². The van der Waals surface area contributed by atoms with E-state index in [9.17, 15) is 4.79 Å². The minimum absolute atomic E-state index is 0.429. The molecule has 19 heavy (non-hydrogen) atoms. The number of anilines is 1. The van der Waals surface area contributed by atoms with E-state index in [-0.39, 0.29) is 0 Å². The average Bonchev–Trinajstić information content (AvgIpc) is 2.86. The van der Waals surface area contributed by atoms with Crippen LogP contribution in [0.2, 0.25) is 5.02 Å². The zero-order valence-electron chi connectivity index (χ0n) is 11.0. The highest BCUT2D eigenvalue weighted by atomic mass is 35.5. The number of nitrogens with zero attached hydrogens (tertiary/aromatic N) is 2. The zero-order chi connectivity index (χ0) is 13.2. The van der Waals surface area contributed by atoms with Crippen molar-refractivity contribution in [1.82, 2.24) is 4.90 Å². The van der Waals surface area contributed by atoms with Gasteiger partial charge < -0.3 is 4.90 Å². The van der Waals surface area contributed by atoms with E-state index in [2.05, 4.69) is 15.9 Å². The molecule has 0 bridgehead atoms. The lowest BCUT2D eigenvalue weighted by Gasteiger charge is -2.39. The fourth-order valence-corrected chi connectivity index (χ4v) is 3.40. The summed E-state index contributed by atoms with van der Waals surface area (Å²) in [5.41, 5.74) is 1.13. The van der Waals surface area contributed by atoms with Crippen LogP contribution in [-0.4, -0.2) is 42.9 Å². The minimum atomic E-state index is 0.429. The number of hydrogen-bond donors (Lipinski definition) is 0. The maximum atomic E-state index is 11.4. The second-order valence-corrected chi connectivity index (χ2v) is 5.82. The van der Waals surface area contributed by atoms with Crippen LogP contribution in [0.15, 0.2) is 24.3 Å². The zero-order valence-corrected chi connectivity index (χ0v) is 11.8. The van der Waals surface area contributed by atoms with E-state index in [4.69, 9.17) is 11.6 Å². The Labute approximate surface area is 119 Å². The van der Waals surface area contributed by atoms with Crippen molar-refractivity contribution in [1.29, 1.82) is 0 Å². The molecular formula is C15H19ClN2O. The van der Waals surface area contributed by atoms with E-state index in [0.717, 1.165) is 56.2 Å². The van der Waals surface area contributed by atoms with Gasteiger partial charge in [-0.05, 0) is 18.6 Å². The Morgan fingerprint density at radius 3 is 2.47 bits per heavy atom. The molecule has 1 heterocycles. The van der Waals surface area contributed by atoms with Crippen molar-refractivity contribution >= 4 is 23.1 Å². The van der Waals surface area contributed by atoms with Crippen molar-refractivity contribution in [2.75, 3.05) is 31.1 Å². The number of para-hydroxylation sites is 1. The number of carbonyl (C=O) groups is 1. The molecule has 1 saturated carbocycles. The number of hydrogen-bond acceptors (Lipinski definition) is 3. The fourth-order valence-electron chi connectivity index (χ4n) is 3.14. The van der Waals surface area contributed by atoms with Crippen molar-refractivity contribution in [3.8, 4) is 0 Å². The lowest BCUT2D eigenvalue weighted by atomic mass is 10.1. The van der Waals surface area contributed by atoms with Crippen LogP contribution in [0.5, 0.6) is 0 Å². The molecule has 1 saturated heterocycles. The van der Waals surface area contributed by atoms with Crippen LogP contribution in [0.25, 0.3) is 0 Å². The smallest absolute Gasteiger partial charge is 0.134 e. The SMILES string of the molecule is O=C1CCC(N2CCN(c3ccccc3Cl)CC2)C1. The van der Waals surface area contributed by atoms with Crippen molar-refractivity contribution in [3.63, 3.8) is 0 Å². The van der Waals surface area contributed by atoms with E-state index >= 15 is 0 Å². The third-order valence-electron chi connectivity index (χ3n) is 4.24. The number of benzene rings is 1. The number of piperazine rings is 1. The van der Waals surface area contributed by atoms with Crippen molar-refractivity contribution in [2.24, 2.45) is 0 Å². The lowest BCUT2D eigenvalue weighted by molar-refractivity contribution is -0.117. The van der Waals surface area contributed by atoms with Gasteiger partial charge in [0.1, 0.15) is 5.78 Å². The number of ketones is 1. The van der Waals surface area contributed by atoms with Gasteiger partial charge in [0.15, 0.2) is 0 Å². The largest absolute Gasteiger partial charge is 0.368 e. The molecule has 0 radical (unpaired) electrons. The molecular weight excluding hydrogens is 260 g/mol. The van der Waals surface area contributed by atoms with Gasteiger partial charge in [0.05, 0.1) is 10.7 Å². The minimum Gasteiger partial charge on any atom is -0.368 e. The fraction of sp³-hybridized carbons (Fsp3) is 0.533. The average molecular weight is 279 g/mol. The van der Waals surface area contributed by atoms with Crippen LogP contribution in [0.3, 0.4) is 0 Å². The second kappa shape index (κ2) is 5.51. The molecule has 0 amide bonds. The highest BCUT2D eigenvalue weighted by Crippen LogP contribution is 2.28. The molecule has 2 aliphatic rings. The second-order valence-electron chi connectivity index (χ2n) is 5.41. The third-order valence-corrected chi connectivity index (χ3v) is 4.56. The number of halogens is 1. The first-order chi connectivity index (χ1) is 9.24. The molecule has 1 aromatic carbocycles. The van der Waals surface area contributed by atoms with Crippen LogP contribution in [-0.2, 0) is 4.79 Å². The molecule has 4 heteroatoms. The molecule has 1 aromatic rings. The third kappa shape index (κ3) is 2.77. The predicted octanol–water partition coefficient (Wildman–Crippen LogP) is 2.58. The van der Waals surface area contributed by atoms with Gasteiger partial charge in [0, 0.05) is 45.1 Å². The van der Waals surface area contributed by atoms with Crippen LogP contribution < -0.4 is 4.90 Å². The van der Waals surface area contributed by atoms with Crippen LogP contribution in [0.4, 0.5) is 5.69 Å². The maximum absolute atomic E-state index is 11.4. The highest BCUT2D eigenvalue weighted by Gasteiger charge is 2.30. The predicted molar refractivity (Wildman–Crippen MR) is 77.9 cm³/mol. The van der Waals surface area contributed by atoms with E-state index in [0.29, 0.717) is 11.8 Å². The molecule has 1 aliphatic carbocycles. The Hall–Kier alpha value is -1.06. The summed E-state index contributed by atoms with van der Waals surface area (Å²) in [7, 11) is 0. The standard InChI is InChI=1S/C15H19ClN2O/c16-14-3-1-2-4-15(14)18-9-7-17(8-10-18)12-5-6-13(19)11-12/h1-4,12H,5-11H2. The first-order valence-corrected chi connectivity index (χ1v) is 7.37. The number of Topliss-reactive ketones (excluding diaryl/α,β-unsaturated/α-hetero) is 1. The summed E-state index contributed by atoms with van der Waals surface area (Å²) in [5, 5.41) is 0.826. The summed E-state index contributed by atoms with van der Waals surface area (Å²) in [6.07, 6.45) is 2.58. The Kier molecular flexibility index (Phi) is 3.76. The van der Waals surface area contributed by atoms with Crippen molar-refractivity contribution in [2.45, 2.75) is 25.3 Å². The van der Waals surface area contributed by atoms with Gasteiger partial charge in [-0.25, -0.2) is 0 Å². The Morgan fingerprint density at radius 2 is 1.84 bits per heavy atom. The Morgan fingerprint density at radius 1 is 1.11 bits per heavy atom. The van der Waals surface area contributed by atoms with E-state index in [1.165, 1.54) is 0 Å². The summed E-state index contributed by atoms with van der Waals surface area (Å²) in [5.74, 6) is 0.429. The first kappa shape index (κ1) is 12.9. The van der Waals surface area contributed by atoms with Gasteiger partial charge in [-0.3, -0.25) is 9.69 Å². The molecule has 3 nitrogen and oxygen atoms in total.